The highest BCUT2D eigenvalue weighted by molar-refractivity contribution is 6.30. The first-order valence-electron chi connectivity index (χ1n) is 7.81. The van der Waals surface area contributed by atoms with Gasteiger partial charge in [-0.15, -0.1) is 0 Å². The van der Waals surface area contributed by atoms with Crippen molar-refractivity contribution in [3.63, 3.8) is 0 Å². The topological polar surface area (TPSA) is 57.6 Å². The molecule has 1 aromatic carbocycles. The van der Waals surface area contributed by atoms with Crippen molar-refractivity contribution >= 4 is 23.5 Å². The molecule has 2 fully saturated rings. The van der Waals surface area contributed by atoms with Gasteiger partial charge in [-0.3, -0.25) is 9.59 Å². The second-order valence-electron chi connectivity index (χ2n) is 6.37. The Balaban J connectivity index is 1.86. The predicted molar refractivity (Wildman–Crippen MR) is 83.9 cm³/mol. The molecule has 1 heterocycles. The molecule has 1 amide bonds. The van der Waals surface area contributed by atoms with Gasteiger partial charge in [-0.1, -0.05) is 36.6 Å². The summed E-state index contributed by atoms with van der Waals surface area (Å²) in [6.07, 6.45) is 4.29. The molecule has 1 saturated carbocycles. The standard InChI is InChI=1S/C17H20ClNO3/c18-14-5-3-13(4-6-14)17(8-1-2-9-17)16(22)19-10-7-12(11-19)15(20)21/h3-6,12H,1-2,7-11H2,(H,20,21). The van der Waals surface area contributed by atoms with E-state index >= 15 is 0 Å². The van der Waals surface area contributed by atoms with Crippen LogP contribution in [0.1, 0.15) is 37.7 Å². The van der Waals surface area contributed by atoms with Crippen molar-refractivity contribution in [2.45, 2.75) is 37.5 Å². The van der Waals surface area contributed by atoms with Crippen LogP contribution in [0.15, 0.2) is 24.3 Å². The number of hydrogen-bond donors (Lipinski definition) is 1. The van der Waals surface area contributed by atoms with Crippen LogP contribution in [0.2, 0.25) is 5.02 Å². The number of hydrogen-bond acceptors (Lipinski definition) is 2. The maximum atomic E-state index is 13.1. The van der Waals surface area contributed by atoms with Crippen LogP contribution in [0.25, 0.3) is 0 Å². The molecule has 0 bridgehead atoms. The number of amides is 1. The van der Waals surface area contributed by atoms with Crippen molar-refractivity contribution in [1.82, 2.24) is 4.90 Å². The lowest BCUT2D eigenvalue weighted by atomic mass is 9.77. The SMILES string of the molecule is O=C(O)C1CCN(C(=O)C2(c3ccc(Cl)cc3)CCCC2)C1. The minimum atomic E-state index is -0.803. The number of benzene rings is 1. The largest absolute Gasteiger partial charge is 0.481 e. The molecule has 2 aliphatic rings. The van der Waals surface area contributed by atoms with E-state index < -0.39 is 17.3 Å². The van der Waals surface area contributed by atoms with E-state index in [0.717, 1.165) is 31.2 Å². The van der Waals surface area contributed by atoms with E-state index in [0.29, 0.717) is 24.5 Å². The summed E-state index contributed by atoms with van der Waals surface area (Å²) in [4.78, 5) is 26.0. The number of carbonyl (C=O) groups is 2. The number of nitrogens with zero attached hydrogens (tertiary/aromatic N) is 1. The third kappa shape index (κ3) is 2.60. The molecule has 1 saturated heterocycles. The fraction of sp³-hybridized carbons (Fsp3) is 0.529. The van der Waals surface area contributed by atoms with Crippen molar-refractivity contribution in [3.8, 4) is 0 Å². The molecule has 1 aromatic rings. The summed E-state index contributed by atoms with van der Waals surface area (Å²) in [5.74, 6) is -1.13. The highest BCUT2D eigenvalue weighted by Gasteiger charge is 2.46. The van der Waals surface area contributed by atoms with E-state index in [9.17, 15) is 9.59 Å². The molecule has 0 radical (unpaired) electrons. The Labute approximate surface area is 135 Å². The number of carboxylic acid groups (broad SMARTS) is 1. The Morgan fingerprint density at radius 2 is 1.82 bits per heavy atom. The van der Waals surface area contributed by atoms with Gasteiger partial charge in [-0.2, -0.15) is 0 Å². The van der Waals surface area contributed by atoms with E-state index in [2.05, 4.69) is 0 Å². The minimum Gasteiger partial charge on any atom is -0.481 e. The van der Waals surface area contributed by atoms with Crippen LogP contribution in [0.5, 0.6) is 0 Å². The summed E-state index contributed by atoms with van der Waals surface area (Å²) in [6.45, 7) is 0.884. The molecule has 5 heteroatoms. The Morgan fingerprint density at radius 1 is 1.18 bits per heavy atom. The van der Waals surface area contributed by atoms with Crippen LogP contribution in [-0.4, -0.2) is 35.0 Å². The first kappa shape index (κ1) is 15.3. The fourth-order valence-corrected chi connectivity index (χ4v) is 3.95. The number of likely N-dealkylation sites (tertiary alicyclic amines) is 1. The zero-order chi connectivity index (χ0) is 15.7. The van der Waals surface area contributed by atoms with E-state index in [4.69, 9.17) is 16.7 Å². The molecule has 1 aliphatic heterocycles. The van der Waals surface area contributed by atoms with Gasteiger partial charge in [-0.25, -0.2) is 0 Å². The lowest BCUT2D eigenvalue weighted by Gasteiger charge is -2.33. The summed E-state index contributed by atoms with van der Waals surface area (Å²) >= 11 is 5.96. The van der Waals surface area contributed by atoms with Crippen LogP contribution in [0, 0.1) is 5.92 Å². The summed E-state index contributed by atoms with van der Waals surface area (Å²) in [6, 6.07) is 7.54. The molecule has 0 spiro atoms. The quantitative estimate of drug-likeness (QED) is 0.930. The van der Waals surface area contributed by atoms with Crippen LogP contribution in [0.4, 0.5) is 0 Å². The molecule has 0 aromatic heterocycles. The molecule has 4 nitrogen and oxygen atoms in total. The molecular weight excluding hydrogens is 302 g/mol. The van der Waals surface area contributed by atoms with Crippen LogP contribution < -0.4 is 0 Å². The zero-order valence-electron chi connectivity index (χ0n) is 12.4. The van der Waals surface area contributed by atoms with Gasteiger partial charge in [0, 0.05) is 18.1 Å². The molecule has 22 heavy (non-hydrogen) atoms. The molecular formula is C17H20ClNO3. The summed E-state index contributed by atoms with van der Waals surface area (Å²) < 4.78 is 0. The van der Waals surface area contributed by atoms with Gasteiger partial charge in [0.25, 0.3) is 0 Å². The number of rotatable bonds is 3. The van der Waals surface area contributed by atoms with Gasteiger partial charge in [0.2, 0.25) is 5.91 Å². The van der Waals surface area contributed by atoms with E-state index in [1.165, 1.54) is 0 Å². The third-order valence-electron chi connectivity index (χ3n) is 5.09. The van der Waals surface area contributed by atoms with Crippen LogP contribution in [-0.2, 0) is 15.0 Å². The highest BCUT2D eigenvalue weighted by atomic mass is 35.5. The third-order valence-corrected chi connectivity index (χ3v) is 5.34. The number of carboxylic acids is 1. The highest BCUT2D eigenvalue weighted by Crippen LogP contribution is 2.43. The maximum Gasteiger partial charge on any atom is 0.308 e. The Hall–Kier alpha value is -1.55. The lowest BCUT2D eigenvalue weighted by molar-refractivity contribution is -0.142. The van der Waals surface area contributed by atoms with Crippen molar-refractivity contribution in [2.24, 2.45) is 5.92 Å². The summed E-state index contributed by atoms with van der Waals surface area (Å²) in [5.41, 5.74) is 0.524. The Morgan fingerprint density at radius 3 is 2.36 bits per heavy atom. The number of aliphatic carboxylic acids is 1. The molecule has 1 N–H and O–H groups in total. The molecule has 118 valence electrons. The van der Waals surface area contributed by atoms with E-state index in [-0.39, 0.29) is 5.91 Å². The normalized spacial score (nSPS) is 23.7. The Kier molecular flexibility index (Phi) is 4.13. The first-order chi connectivity index (χ1) is 10.5. The van der Waals surface area contributed by atoms with Gasteiger partial charge in [-0.05, 0) is 37.0 Å². The maximum absolute atomic E-state index is 13.1. The minimum absolute atomic E-state index is 0.0936. The average Bonchev–Trinajstić information content (AvgIpc) is 3.17. The number of halogens is 1. The monoisotopic (exact) mass is 321 g/mol. The van der Waals surface area contributed by atoms with Gasteiger partial charge < -0.3 is 10.0 Å². The average molecular weight is 322 g/mol. The second-order valence-corrected chi connectivity index (χ2v) is 6.81. The van der Waals surface area contributed by atoms with Gasteiger partial charge >= 0.3 is 5.97 Å². The lowest BCUT2D eigenvalue weighted by Crippen LogP contribution is -2.44. The van der Waals surface area contributed by atoms with E-state index in [1.54, 1.807) is 4.90 Å². The Bertz CT molecular complexity index is 578. The predicted octanol–water partition coefficient (Wildman–Crippen LogP) is 3.08. The van der Waals surface area contributed by atoms with Crippen molar-refractivity contribution in [1.29, 1.82) is 0 Å². The molecule has 1 aliphatic carbocycles. The fourth-order valence-electron chi connectivity index (χ4n) is 3.82. The van der Waals surface area contributed by atoms with Gasteiger partial charge in [0.05, 0.1) is 11.3 Å². The van der Waals surface area contributed by atoms with E-state index in [1.807, 2.05) is 24.3 Å². The summed E-state index contributed by atoms with van der Waals surface area (Å²) in [7, 11) is 0. The van der Waals surface area contributed by atoms with Gasteiger partial charge in [0.1, 0.15) is 0 Å². The second kappa shape index (κ2) is 5.92. The zero-order valence-corrected chi connectivity index (χ0v) is 13.2. The first-order valence-corrected chi connectivity index (χ1v) is 8.19. The molecule has 3 rings (SSSR count). The molecule has 1 atom stereocenters. The van der Waals surface area contributed by atoms with Crippen LogP contribution in [0.3, 0.4) is 0 Å². The summed E-state index contributed by atoms with van der Waals surface area (Å²) in [5, 5.41) is 9.80. The number of carbonyl (C=O) groups excluding carboxylic acids is 1. The van der Waals surface area contributed by atoms with Crippen molar-refractivity contribution in [3.05, 3.63) is 34.9 Å². The van der Waals surface area contributed by atoms with Crippen LogP contribution >= 0.6 is 11.6 Å². The smallest absolute Gasteiger partial charge is 0.308 e. The van der Waals surface area contributed by atoms with Crippen molar-refractivity contribution in [2.75, 3.05) is 13.1 Å². The van der Waals surface area contributed by atoms with Crippen molar-refractivity contribution < 1.29 is 14.7 Å². The molecule has 1 unspecified atom stereocenters. The van der Waals surface area contributed by atoms with Gasteiger partial charge in [0.15, 0.2) is 0 Å².